The quantitative estimate of drug-likeness (QED) is 0.428. The molecule has 2 aromatic heterocycles. The van der Waals surface area contributed by atoms with Gasteiger partial charge < -0.3 is 19.9 Å². The van der Waals surface area contributed by atoms with Gasteiger partial charge in [-0.2, -0.15) is 13.2 Å². The Bertz CT molecular complexity index is 1380. The predicted molar refractivity (Wildman–Crippen MR) is 124 cm³/mol. The lowest BCUT2D eigenvalue weighted by Gasteiger charge is -2.15. The average Bonchev–Trinajstić information content (AvgIpc) is 3.41. The van der Waals surface area contributed by atoms with Gasteiger partial charge in [0.2, 0.25) is 5.95 Å². The number of aliphatic imine (C=N–C) groups is 1. The molecule has 3 heterocycles. The average molecular weight is 466 g/mol. The standard InChI is InChI=1S/C24H21F3N6O/c1-14-3-5-15(6-4-14)30-23-31-18-11-16(7-8-20(18)33(23)2)34-17-9-10-28-19(12-17)22-29-13-21(32-22)24(25,26)27/h3-12,21H,13H2,1-2H3,(H,29,32)(H,30,31). The molecule has 0 bridgehead atoms. The summed E-state index contributed by atoms with van der Waals surface area (Å²) in [5.41, 5.74) is 4.04. The first-order valence-corrected chi connectivity index (χ1v) is 10.6. The van der Waals surface area contributed by atoms with Gasteiger partial charge in [0.05, 0.1) is 17.6 Å². The second kappa shape index (κ2) is 8.36. The molecule has 2 aromatic carbocycles. The summed E-state index contributed by atoms with van der Waals surface area (Å²) < 4.78 is 46.7. The topological polar surface area (TPSA) is 76.4 Å². The van der Waals surface area contributed by atoms with E-state index >= 15 is 0 Å². The van der Waals surface area contributed by atoms with Crippen LogP contribution in [0.3, 0.4) is 0 Å². The molecule has 1 aliphatic rings. The molecule has 5 rings (SSSR count). The second-order valence-corrected chi connectivity index (χ2v) is 8.04. The van der Waals surface area contributed by atoms with Crippen molar-refractivity contribution in [3.8, 4) is 11.5 Å². The van der Waals surface area contributed by atoms with E-state index in [2.05, 4.69) is 25.6 Å². The van der Waals surface area contributed by atoms with Crippen LogP contribution in [0.25, 0.3) is 11.0 Å². The molecule has 4 aromatic rings. The summed E-state index contributed by atoms with van der Waals surface area (Å²) in [6.07, 6.45) is -2.90. The van der Waals surface area contributed by atoms with Crippen LogP contribution in [0.5, 0.6) is 11.5 Å². The van der Waals surface area contributed by atoms with Gasteiger partial charge in [-0.05, 0) is 37.3 Å². The number of aryl methyl sites for hydroxylation is 2. The summed E-state index contributed by atoms with van der Waals surface area (Å²) in [4.78, 5) is 12.7. The van der Waals surface area contributed by atoms with Crippen molar-refractivity contribution in [1.82, 2.24) is 19.9 Å². The second-order valence-electron chi connectivity index (χ2n) is 8.04. The Balaban J connectivity index is 1.34. The maximum Gasteiger partial charge on any atom is 0.410 e. The lowest BCUT2D eigenvalue weighted by atomic mass is 10.2. The van der Waals surface area contributed by atoms with E-state index in [-0.39, 0.29) is 18.1 Å². The number of imidazole rings is 1. The molecule has 0 saturated heterocycles. The maximum atomic E-state index is 12.9. The van der Waals surface area contributed by atoms with Crippen molar-refractivity contribution in [2.45, 2.75) is 19.1 Å². The number of benzene rings is 2. The van der Waals surface area contributed by atoms with E-state index in [4.69, 9.17) is 4.74 Å². The Hall–Kier alpha value is -4.08. The molecule has 0 aliphatic carbocycles. The molecule has 7 nitrogen and oxygen atoms in total. The number of aromatic nitrogens is 3. The van der Waals surface area contributed by atoms with Gasteiger partial charge in [0.15, 0.2) is 0 Å². The minimum absolute atomic E-state index is 0.0970. The molecule has 0 saturated carbocycles. The molecule has 0 amide bonds. The summed E-state index contributed by atoms with van der Waals surface area (Å²) in [6.45, 7) is 1.66. The van der Waals surface area contributed by atoms with Gasteiger partial charge in [-0.1, -0.05) is 17.7 Å². The van der Waals surface area contributed by atoms with Crippen molar-refractivity contribution in [2.24, 2.45) is 12.0 Å². The van der Waals surface area contributed by atoms with Gasteiger partial charge in [0.25, 0.3) is 0 Å². The van der Waals surface area contributed by atoms with Gasteiger partial charge >= 0.3 is 6.18 Å². The van der Waals surface area contributed by atoms with Crippen molar-refractivity contribution in [3.63, 3.8) is 0 Å². The summed E-state index contributed by atoms with van der Waals surface area (Å²) in [5, 5.41) is 5.70. The SMILES string of the molecule is Cc1ccc(Nc2nc3cc(Oc4ccnc(C5=NCC(C(F)(F)F)N5)c4)ccc3n2C)cc1. The molecule has 0 fully saturated rings. The molecule has 1 aliphatic heterocycles. The van der Waals surface area contributed by atoms with Crippen LogP contribution >= 0.6 is 0 Å². The van der Waals surface area contributed by atoms with Crippen LogP contribution in [0.15, 0.2) is 65.8 Å². The summed E-state index contributed by atoms with van der Waals surface area (Å²) in [5.74, 6) is 1.75. The van der Waals surface area contributed by atoms with Gasteiger partial charge in [0.1, 0.15) is 29.1 Å². The number of rotatable bonds is 5. The Labute approximate surface area is 193 Å². The number of amidine groups is 1. The van der Waals surface area contributed by atoms with Crippen molar-refractivity contribution < 1.29 is 17.9 Å². The van der Waals surface area contributed by atoms with E-state index in [9.17, 15) is 13.2 Å². The van der Waals surface area contributed by atoms with Crippen LogP contribution in [-0.4, -0.2) is 39.1 Å². The first kappa shape index (κ1) is 21.7. The lowest BCUT2D eigenvalue weighted by Crippen LogP contribution is -2.42. The van der Waals surface area contributed by atoms with E-state index in [1.807, 2.05) is 54.9 Å². The third-order valence-electron chi connectivity index (χ3n) is 5.51. The summed E-state index contributed by atoms with van der Waals surface area (Å²) in [7, 11) is 1.92. The van der Waals surface area contributed by atoms with E-state index in [0.29, 0.717) is 17.4 Å². The predicted octanol–water partition coefficient (Wildman–Crippen LogP) is 5.09. The van der Waals surface area contributed by atoms with Crippen LogP contribution in [0.4, 0.5) is 24.8 Å². The Morgan fingerprint density at radius 3 is 2.56 bits per heavy atom. The van der Waals surface area contributed by atoms with Crippen LogP contribution in [0.2, 0.25) is 0 Å². The number of hydrogen-bond acceptors (Lipinski definition) is 6. The molecular formula is C24H21F3N6O. The molecule has 0 spiro atoms. The van der Waals surface area contributed by atoms with Gasteiger partial charge in [-0.3, -0.25) is 9.98 Å². The number of nitrogens with one attached hydrogen (secondary N) is 2. The van der Waals surface area contributed by atoms with Crippen LogP contribution in [-0.2, 0) is 7.05 Å². The van der Waals surface area contributed by atoms with Crippen molar-refractivity contribution >= 4 is 28.5 Å². The Morgan fingerprint density at radius 1 is 1.06 bits per heavy atom. The molecule has 1 unspecified atom stereocenters. The highest BCUT2D eigenvalue weighted by Crippen LogP contribution is 2.29. The van der Waals surface area contributed by atoms with Gasteiger partial charge in [-0.15, -0.1) is 0 Å². The summed E-state index contributed by atoms with van der Waals surface area (Å²) in [6, 6.07) is 15.0. The number of pyridine rings is 1. The van der Waals surface area contributed by atoms with Crippen molar-refractivity contribution in [3.05, 3.63) is 72.1 Å². The molecule has 34 heavy (non-hydrogen) atoms. The number of ether oxygens (including phenoxy) is 1. The fourth-order valence-corrected chi connectivity index (χ4v) is 3.64. The highest BCUT2D eigenvalue weighted by Gasteiger charge is 2.42. The number of halogens is 3. The number of hydrogen-bond donors (Lipinski definition) is 2. The third-order valence-corrected chi connectivity index (χ3v) is 5.51. The number of alkyl halides is 3. The Kier molecular flexibility index (Phi) is 5.35. The minimum atomic E-state index is -4.37. The number of anilines is 2. The molecule has 1 atom stereocenters. The highest BCUT2D eigenvalue weighted by molar-refractivity contribution is 5.98. The lowest BCUT2D eigenvalue weighted by molar-refractivity contribution is -0.147. The van der Waals surface area contributed by atoms with Crippen LogP contribution in [0.1, 0.15) is 11.3 Å². The minimum Gasteiger partial charge on any atom is -0.457 e. The third kappa shape index (κ3) is 4.39. The maximum absolute atomic E-state index is 12.9. The van der Waals surface area contributed by atoms with E-state index < -0.39 is 12.2 Å². The smallest absolute Gasteiger partial charge is 0.410 e. The first-order valence-electron chi connectivity index (χ1n) is 10.6. The fraction of sp³-hybridized carbons (Fsp3) is 0.208. The van der Waals surface area contributed by atoms with Crippen LogP contribution in [0, 0.1) is 6.92 Å². The van der Waals surface area contributed by atoms with Crippen molar-refractivity contribution in [1.29, 1.82) is 0 Å². The fourth-order valence-electron chi connectivity index (χ4n) is 3.64. The zero-order chi connectivity index (χ0) is 23.9. The Morgan fingerprint density at radius 2 is 1.82 bits per heavy atom. The van der Waals surface area contributed by atoms with E-state index in [1.54, 1.807) is 18.2 Å². The zero-order valence-corrected chi connectivity index (χ0v) is 18.4. The number of nitrogens with zero attached hydrogens (tertiary/aromatic N) is 4. The van der Waals surface area contributed by atoms with Gasteiger partial charge in [0, 0.05) is 31.1 Å². The molecule has 2 N–H and O–H groups in total. The molecule has 10 heteroatoms. The molecular weight excluding hydrogens is 445 g/mol. The zero-order valence-electron chi connectivity index (χ0n) is 18.4. The van der Waals surface area contributed by atoms with Gasteiger partial charge in [-0.25, -0.2) is 4.98 Å². The molecule has 0 radical (unpaired) electrons. The first-order chi connectivity index (χ1) is 16.3. The highest BCUT2D eigenvalue weighted by atomic mass is 19.4. The monoisotopic (exact) mass is 466 g/mol. The largest absolute Gasteiger partial charge is 0.457 e. The van der Waals surface area contributed by atoms with E-state index in [0.717, 1.165) is 16.7 Å². The van der Waals surface area contributed by atoms with Crippen LogP contribution < -0.4 is 15.4 Å². The normalized spacial score (nSPS) is 15.8. The van der Waals surface area contributed by atoms with Crippen molar-refractivity contribution in [2.75, 3.05) is 11.9 Å². The van der Waals surface area contributed by atoms with E-state index in [1.165, 1.54) is 11.8 Å². The molecule has 174 valence electrons. The summed E-state index contributed by atoms with van der Waals surface area (Å²) >= 11 is 0. The number of fused-ring (bicyclic) bond motifs is 1.